The molecule has 1 N–H and O–H groups in total. The lowest BCUT2D eigenvalue weighted by Gasteiger charge is -2.25. The molecule has 0 bridgehead atoms. The van der Waals surface area contributed by atoms with Crippen molar-refractivity contribution in [3.63, 3.8) is 0 Å². The van der Waals surface area contributed by atoms with Gasteiger partial charge in [-0.3, -0.25) is 4.90 Å². The van der Waals surface area contributed by atoms with E-state index < -0.39 is 6.10 Å². The molecular formula is C19H24FNO2. The van der Waals surface area contributed by atoms with Crippen molar-refractivity contribution in [2.24, 2.45) is 0 Å². The first kappa shape index (κ1) is 17.4. The second kappa shape index (κ2) is 8.65. The van der Waals surface area contributed by atoms with E-state index in [1.54, 1.807) is 19.2 Å². The van der Waals surface area contributed by atoms with E-state index in [0.717, 1.165) is 11.3 Å². The first-order valence-corrected chi connectivity index (χ1v) is 7.89. The van der Waals surface area contributed by atoms with Crippen molar-refractivity contribution < 1.29 is 14.2 Å². The number of benzene rings is 2. The van der Waals surface area contributed by atoms with Gasteiger partial charge in [0.15, 0.2) is 0 Å². The van der Waals surface area contributed by atoms with Crippen LogP contribution in [0.15, 0.2) is 48.5 Å². The van der Waals surface area contributed by atoms with Gasteiger partial charge in [0.25, 0.3) is 0 Å². The monoisotopic (exact) mass is 317 g/mol. The van der Waals surface area contributed by atoms with Crippen LogP contribution in [0.1, 0.15) is 24.5 Å². The Labute approximate surface area is 137 Å². The van der Waals surface area contributed by atoms with Crippen LogP contribution in [0.3, 0.4) is 0 Å². The first-order chi connectivity index (χ1) is 11.1. The summed E-state index contributed by atoms with van der Waals surface area (Å²) in [5.74, 6) is 0.598. The number of aliphatic hydroxyl groups excluding tert-OH is 1. The Morgan fingerprint density at radius 1 is 1.09 bits per heavy atom. The molecule has 0 amide bonds. The normalized spacial score (nSPS) is 12.4. The van der Waals surface area contributed by atoms with Crippen LogP contribution in [0.4, 0.5) is 4.39 Å². The van der Waals surface area contributed by atoms with Crippen molar-refractivity contribution in [3.05, 3.63) is 65.5 Å². The summed E-state index contributed by atoms with van der Waals surface area (Å²) in [4.78, 5) is 2.06. The van der Waals surface area contributed by atoms with Gasteiger partial charge in [-0.1, -0.05) is 37.3 Å². The summed E-state index contributed by atoms with van der Waals surface area (Å²) in [6.07, 6.45) is 0.260. The highest BCUT2D eigenvalue weighted by Crippen LogP contribution is 2.16. The zero-order valence-corrected chi connectivity index (χ0v) is 13.7. The van der Waals surface area contributed by atoms with E-state index >= 15 is 0 Å². The largest absolute Gasteiger partial charge is 0.497 e. The van der Waals surface area contributed by atoms with Crippen LogP contribution >= 0.6 is 0 Å². The number of aliphatic hydroxyl groups is 1. The Kier molecular flexibility index (Phi) is 6.56. The predicted molar refractivity (Wildman–Crippen MR) is 89.8 cm³/mol. The minimum absolute atomic E-state index is 0.210. The summed E-state index contributed by atoms with van der Waals surface area (Å²) in [7, 11) is 1.64. The number of methoxy groups -OCH3 is 1. The van der Waals surface area contributed by atoms with E-state index in [1.807, 2.05) is 37.3 Å². The van der Waals surface area contributed by atoms with E-state index in [9.17, 15) is 9.50 Å². The minimum Gasteiger partial charge on any atom is -0.497 e. The van der Waals surface area contributed by atoms with Gasteiger partial charge >= 0.3 is 0 Å². The standard InChI is InChI=1S/C19H24FNO2/c1-3-17(22)14-21(13-16-6-4-5-7-19(16)20)12-15-8-10-18(23-2)11-9-15/h4-11,17,22H,3,12-14H2,1-2H3. The van der Waals surface area contributed by atoms with E-state index in [1.165, 1.54) is 6.07 Å². The maximum absolute atomic E-state index is 13.9. The Bertz CT molecular complexity index is 601. The fraction of sp³-hybridized carbons (Fsp3) is 0.368. The average Bonchev–Trinajstić information content (AvgIpc) is 2.57. The molecule has 23 heavy (non-hydrogen) atoms. The molecule has 0 fully saturated rings. The molecule has 0 heterocycles. The summed E-state index contributed by atoms with van der Waals surface area (Å²) in [5.41, 5.74) is 1.75. The Balaban J connectivity index is 2.11. The van der Waals surface area contributed by atoms with Crippen LogP contribution in [0, 0.1) is 5.82 Å². The van der Waals surface area contributed by atoms with Gasteiger partial charge in [-0.15, -0.1) is 0 Å². The van der Waals surface area contributed by atoms with Crippen LogP contribution in [0.5, 0.6) is 5.75 Å². The van der Waals surface area contributed by atoms with Crippen molar-refractivity contribution >= 4 is 0 Å². The molecule has 0 spiro atoms. The lowest BCUT2D eigenvalue weighted by Crippen LogP contribution is -2.31. The number of rotatable bonds is 8. The lowest BCUT2D eigenvalue weighted by molar-refractivity contribution is 0.101. The summed E-state index contributed by atoms with van der Waals surface area (Å²) in [6, 6.07) is 14.6. The Morgan fingerprint density at radius 2 is 1.78 bits per heavy atom. The van der Waals surface area contributed by atoms with E-state index in [-0.39, 0.29) is 5.82 Å². The van der Waals surface area contributed by atoms with Crippen LogP contribution in [0.2, 0.25) is 0 Å². The SMILES string of the molecule is CCC(O)CN(Cc1ccc(OC)cc1)Cc1ccccc1F. The smallest absolute Gasteiger partial charge is 0.127 e. The third kappa shape index (κ3) is 5.34. The fourth-order valence-corrected chi connectivity index (χ4v) is 2.47. The number of halogens is 1. The maximum atomic E-state index is 13.9. The van der Waals surface area contributed by atoms with Crippen molar-refractivity contribution in [2.45, 2.75) is 32.5 Å². The molecule has 3 nitrogen and oxygen atoms in total. The topological polar surface area (TPSA) is 32.7 Å². The van der Waals surface area contributed by atoms with Crippen LogP contribution < -0.4 is 4.74 Å². The van der Waals surface area contributed by atoms with Crippen molar-refractivity contribution in [1.29, 1.82) is 0 Å². The van der Waals surface area contributed by atoms with Gasteiger partial charge in [0.05, 0.1) is 13.2 Å². The molecule has 0 saturated carbocycles. The molecule has 1 atom stereocenters. The van der Waals surface area contributed by atoms with Gasteiger partial charge in [0.2, 0.25) is 0 Å². The van der Waals surface area contributed by atoms with E-state index in [4.69, 9.17) is 4.74 Å². The molecule has 0 aliphatic heterocycles. The number of hydrogen-bond donors (Lipinski definition) is 1. The van der Waals surface area contributed by atoms with Crippen molar-refractivity contribution in [2.75, 3.05) is 13.7 Å². The summed E-state index contributed by atoms with van der Waals surface area (Å²) < 4.78 is 19.1. The molecular weight excluding hydrogens is 293 g/mol. The quantitative estimate of drug-likeness (QED) is 0.807. The zero-order chi connectivity index (χ0) is 16.7. The Hall–Kier alpha value is -1.91. The molecule has 0 aliphatic rings. The van der Waals surface area contributed by atoms with Gasteiger partial charge in [0.1, 0.15) is 11.6 Å². The molecule has 0 aromatic heterocycles. The zero-order valence-electron chi connectivity index (χ0n) is 13.7. The molecule has 124 valence electrons. The van der Waals surface area contributed by atoms with Gasteiger partial charge in [-0.25, -0.2) is 4.39 Å². The van der Waals surface area contributed by atoms with Crippen LogP contribution in [0.25, 0.3) is 0 Å². The highest BCUT2D eigenvalue weighted by Gasteiger charge is 2.13. The second-order valence-corrected chi connectivity index (χ2v) is 5.67. The minimum atomic E-state index is -0.417. The highest BCUT2D eigenvalue weighted by atomic mass is 19.1. The van der Waals surface area contributed by atoms with Gasteiger partial charge in [0, 0.05) is 25.2 Å². The number of nitrogens with zero attached hydrogens (tertiary/aromatic N) is 1. The van der Waals surface area contributed by atoms with Crippen LogP contribution in [-0.2, 0) is 13.1 Å². The van der Waals surface area contributed by atoms with Gasteiger partial charge < -0.3 is 9.84 Å². The van der Waals surface area contributed by atoms with Crippen molar-refractivity contribution in [3.8, 4) is 5.75 Å². The van der Waals surface area contributed by atoms with E-state index in [0.29, 0.717) is 31.6 Å². The number of ether oxygens (including phenoxy) is 1. The summed E-state index contributed by atoms with van der Waals surface area (Å²) in [6.45, 7) is 3.57. The molecule has 1 unspecified atom stereocenters. The maximum Gasteiger partial charge on any atom is 0.127 e. The average molecular weight is 317 g/mol. The van der Waals surface area contributed by atoms with Gasteiger partial charge in [-0.2, -0.15) is 0 Å². The summed E-state index contributed by atoms with van der Waals surface area (Å²) in [5, 5.41) is 9.98. The van der Waals surface area contributed by atoms with Crippen molar-refractivity contribution in [1.82, 2.24) is 4.90 Å². The van der Waals surface area contributed by atoms with E-state index in [2.05, 4.69) is 4.90 Å². The molecule has 0 aliphatic carbocycles. The molecule has 2 aromatic rings. The lowest BCUT2D eigenvalue weighted by atomic mass is 10.1. The van der Waals surface area contributed by atoms with Crippen LogP contribution in [-0.4, -0.2) is 29.8 Å². The number of hydrogen-bond acceptors (Lipinski definition) is 3. The fourth-order valence-electron chi connectivity index (χ4n) is 2.47. The Morgan fingerprint density at radius 3 is 2.39 bits per heavy atom. The third-order valence-corrected chi connectivity index (χ3v) is 3.86. The first-order valence-electron chi connectivity index (χ1n) is 7.89. The highest BCUT2D eigenvalue weighted by molar-refractivity contribution is 5.27. The predicted octanol–water partition coefficient (Wildman–Crippen LogP) is 3.61. The molecule has 0 radical (unpaired) electrons. The molecule has 4 heteroatoms. The summed E-state index contributed by atoms with van der Waals surface area (Å²) >= 11 is 0. The van der Waals surface area contributed by atoms with Gasteiger partial charge in [-0.05, 0) is 30.2 Å². The molecule has 2 rings (SSSR count). The third-order valence-electron chi connectivity index (χ3n) is 3.86. The molecule has 2 aromatic carbocycles. The molecule has 0 saturated heterocycles. The second-order valence-electron chi connectivity index (χ2n) is 5.67.